The number of carbonyl (C=O) groups is 1. The van der Waals surface area contributed by atoms with Crippen LogP contribution in [0.15, 0.2) is 34.8 Å². The smallest absolute Gasteiger partial charge is 0.313 e. The van der Waals surface area contributed by atoms with E-state index in [-0.39, 0.29) is 32.8 Å². The minimum Gasteiger partial charge on any atom is -0.449 e. The average Bonchev–Trinajstić information content (AvgIpc) is 2.44. The largest absolute Gasteiger partial charge is 0.449 e. The molecule has 2 rings (SSSR count). The molecule has 0 unspecified atom stereocenters. The van der Waals surface area contributed by atoms with Crippen LogP contribution >= 0.6 is 39.1 Å². The Morgan fingerprint density at radius 1 is 1.14 bits per heavy atom. The average molecular weight is 391 g/mol. The highest BCUT2D eigenvalue weighted by Gasteiger charge is 2.20. The second-order valence-corrected chi connectivity index (χ2v) is 5.62. The Labute approximate surface area is 137 Å². The SMILES string of the molecule is O=Cc1cc(Br)ccc1Oc1cc(Cl)c(Cl)cc1[N+](=O)[O-]. The molecule has 0 heterocycles. The molecule has 5 nitrogen and oxygen atoms in total. The maximum Gasteiger partial charge on any atom is 0.313 e. The summed E-state index contributed by atoms with van der Waals surface area (Å²) in [4.78, 5) is 21.4. The lowest BCUT2D eigenvalue weighted by molar-refractivity contribution is -0.385. The molecule has 0 radical (unpaired) electrons. The predicted molar refractivity (Wildman–Crippen MR) is 82.7 cm³/mol. The molecule has 21 heavy (non-hydrogen) atoms. The zero-order valence-electron chi connectivity index (χ0n) is 10.2. The molecular formula is C13H6BrCl2NO4. The first-order valence-corrected chi connectivity index (χ1v) is 7.03. The van der Waals surface area contributed by atoms with E-state index >= 15 is 0 Å². The van der Waals surface area contributed by atoms with Crippen molar-refractivity contribution in [2.24, 2.45) is 0 Å². The van der Waals surface area contributed by atoms with Crippen LogP contribution in [0.4, 0.5) is 5.69 Å². The number of aldehydes is 1. The van der Waals surface area contributed by atoms with Crippen LogP contribution in [0.5, 0.6) is 11.5 Å². The number of rotatable bonds is 4. The van der Waals surface area contributed by atoms with Crippen molar-refractivity contribution >= 4 is 51.1 Å². The monoisotopic (exact) mass is 389 g/mol. The van der Waals surface area contributed by atoms with Crippen LogP contribution in [-0.4, -0.2) is 11.2 Å². The first-order chi connectivity index (χ1) is 9.92. The normalized spacial score (nSPS) is 10.2. The van der Waals surface area contributed by atoms with Crippen molar-refractivity contribution in [3.8, 4) is 11.5 Å². The number of benzene rings is 2. The Balaban J connectivity index is 2.51. The van der Waals surface area contributed by atoms with E-state index in [0.29, 0.717) is 10.8 Å². The number of hydrogen-bond acceptors (Lipinski definition) is 4. The lowest BCUT2D eigenvalue weighted by atomic mass is 10.2. The topological polar surface area (TPSA) is 69.4 Å². The molecule has 0 fully saturated rings. The van der Waals surface area contributed by atoms with Gasteiger partial charge in [-0.1, -0.05) is 39.1 Å². The van der Waals surface area contributed by atoms with E-state index in [1.54, 1.807) is 6.07 Å². The molecule has 0 spiro atoms. The summed E-state index contributed by atoms with van der Waals surface area (Å²) in [6.07, 6.45) is 0.587. The minimum absolute atomic E-state index is 0.0436. The summed E-state index contributed by atoms with van der Waals surface area (Å²) in [6.45, 7) is 0. The van der Waals surface area contributed by atoms with Crippen molar-refractivity contribution in [1.29, 1.82) is 0 Å². The minimum atomic E-state index is -0.642. The molecular weight excluding hydrogens is 385 g/mol. The number of nitrogens with zero attached hydrogens (tertiary/aromatic N) is 1. The summed E-state index contributed by atoms with van der Waals surface area (Å²) in [5.41, 5.74) is -0.103. The molecule has 2 aromatic carbocycles. The second kappa shape index (κ2) is 6.43. The van der Waals surface area contributed by atoms with E-state index < -0.39 is 4.92 Å². The molecule has 0 aliphatic rings. The van der Waals surface area contributed by atoms with Crippen LogP contribution in [0.25, 0.3) is 0 Å². The van der Waals surface area contributed by atoms with Gasteiger partial charge in [-0.15, -0.1) is 0 Å². The lowest BCUT2D eigenvalue weighted by Crippen LogP contribution is -1.96. The molecule has 0 aromatic heterocycles. The van der Waals surface area contributed by atoms with Crippen LogP contribution in [0.2, 0.25) is 10.0 Å². The molecule has 0 amide bonds. The molecule has 0 bridgehead atoms. The third kappa shape index (κ3) is 3.53. The van der Waals surface area contributed by atoms with Crippen molar-refractivity contribution < 1.29 is 14.5 Å². The zero-order chi connectivity index (χ0) is 15.6. The third-order valence-corrected chi connectivity index (χ3v) is 3.73. The maximum absolute atomic E-state index is 11.0. The second-order valence-electron chi connectivity index (χ2n) is 3.89. The van der Waals surface area contributed by atoms with Gasteiger partial charge >= 0.3 is 5.69 Å². The van der Waals surface area contributed by atoms with E-state index in [0.717, 1.165) is 6.07 Å². The number of hydrogen-bond donors (Lipinski definition) is 0. The number of halogens is 3. The number of ether oxygens (including phenoxy) is 1. The van der Waals surface area contributed by atoms with Crippen LogP contribution in [0, 0.1) is 10.1 Å². The first kappa shape index (κ1) is 15.8. The Hall–Kier alpha value is -1.63. The lowest BCUT2D eigenvalue weighted by Gasteiger charge is -2.09. The van der Waals surface area contributed by atoms with Crippen LogP contribution in [0.1, 0.15) is 10.4 Å². The van der Waals surface area contributed by atoms with Gasteiger partial charge < -0.3 is 4.74 Å². The highest BCUT2D eigenvalue weighted by Crippen LogP contribution is 2.38. The molecule has 2 aromatic rings. The fourth-order valence-corrected chi connectivity index (χ4v) is 2.26. The number of nitro benzene ring substituents is 1. The van der Waals surface area contributed by atoms with E-state index in [4.69, 9.17) is 27.9 Å². The van der Waals surface area contributed by atoms with E-state index in [2.05, 4.69) is 15.9 Å². The van der Waals surface area contributed by atoms with Gasteiger partial charge in [-0.25, -0.2) is 0 Å². The van der Waals surface area contributed by atoms with Crippen molar-refractivity contribution in [2.45, 2.75) is 0 Å². The van der Waals surface area contributed by atoms with Gasteiger partial charge in [0.1, 0.15) is 5.75 Å². The van der Waals surface area contributed by atoms with Gasteiger partial charge in [0, 0.05) is 16.6 Å². The summed E-state index contributed by atoms with van der Waals surface area (Å²) in [5.74, 6) is 0.0783. The molecule has 108 valence electrons. The van der Waals surface area contributed by atoms with Gasteiger partial charge in [-0.3, -0.25) is 14.9 Å². The predicted octanol–water partition coefficient (Wildman–Crippen LogP) is 5.27. The maximum atomic E-state index is 11.0. The summed E-state index contributed by atoms with van der Waals surface area (Å²) in [6, 6.07) is 7.02. The fourth-order valence-electron chi connectivity index (χ4n) is 1.57. The Morgan fingerprint density at radius 2 is 1.81 bits per heavy atom. The third-order valence-electron chi connectivity index (χ3n) is 2.52. The van der Waals surface area contributed by atoms with Crippen molar-refractivity contribution in [3.63, 3.8) is 0 Å². The van der Waals surface area contributed by atoms with Crippen molar-refractivity contribution in [3.05, 3.63) is 60.5 Å². The number of carbonyl (C=O) groups excluding carboxylic acids is 1. The van der Waals surface area contributed by atoms with Gasteiger partial charge in [-0.05, 0) is 18.2 Å². The molecule has 0 N–H and O–H groups in total. The molecule has 0 aliphatic carbocycles. The summed E-state index contributed by atoms with van der Waals surface area (Å²) in [7, 11) is 0. The van der Waals surface area contributed by atoms with E-state index in [1.807, 2.05) is 0 Å². The zero-order valence-corrected chi connectivity index (χ0v) is 13.3. The summed E-state index contributed by atoms with van der Waals surface area (Å²) < 4.78 is 6.13. The molecule has 0 atom stereocenters. The van der Waals surface area contributed by atoms with Gasteiger partial charge in [-0.2, -0.15) is 0 Å². The van der Waals surface area contributed by atoms with Crippen molar-refractivity contribution in [2.75, 3.05) is 0 Å². The highest BCUT2D eigenvalue weighted by molar-refractivity contribution is 9.10. The van der Waals surface area contributed by atoms with Gasteiger partial charge in [0.15, 0.2) is 6.29 Å². The van der Waals surface area contributed by atoms with Crippen LogP contribution in [0.3, 0.4) is 0 Å². The van der Waals surface area contributed by atoms with E-state index in [9.17, 15) is 14.9 Å². The Kier molecular flexibility index (Phi) is 4.82. The first-order valence-electron chi connectivity index (χ1n) is 5.48. The summed E-state index contributed by atoms with van der Waals surface area (Å²) in [5, 5.41) is 11.2. The fraction of sp³-hybridized carbons (Fsp3) is 0. The quantitative estimate of drug-likeness (QED) is 0.405. The molecule has 0 aliphatic heterocycles. The van der Waals surface area contributed by atoms with Gasteiger partial charge in [0.25, 0.3) is 0 Å². The van der Waals surface area contributed by atoms with Crippen molar-refractivity contribution in [1.82, 2.24) is 0 Å². The Bertz CT molecular complexity index is 736. The number of nitro groups is 1. The van der Waals surface area contributed by atoms with Gasteiger partial charge in [0.05, 0.1) is 20.5 Å². The standard InChI is InChI=1S/C13H6BrCl2NO4/c14-8-1-2-12(7(3-8)6-18)21-13-5-10(16)9(15)4-11(13)17(19)20/h1-6H. The van der Waals surface area contributed by atoms with Crippen LogP contribution in [-0.2, 0) is 0 Å². The highest BCUT2D eigenvalue weighted by atomic mass is 79.9. The molecule has 0 saturated carbocycles. The van der Waals surface area contributed by atoms with Gasteiger partial charge in [0.2, 0.25) is 5.75 Å². The molecule has 0 saturated heterocycles. The van der Waals surface area contributed by atoms with Crippen LogP contribution < -0.4 is 4.74 Å². The Morgan fingerprint density at radius 3 is 2.43 bits per heavy atom. The molecule has 8 heteroatoms. The summed E-state index contributed by atoms with van der Waals surface area (Å²) >= 11 is 14.8. The van der Waals surface area contributed by atoms with E-state index in [1.165, 1.54) is 18.2 Å².